The SMILES string of the molecule is Cc1ccc(C2CC(C)c3nc(N)nn3C2)cc1. The molecule has 0 saturated heterocycles. The first kappa shape index (κ1) is 11.3. The maximum Gasteiger partial charge on any atom is 0.239 e. The van der Waals surface area contributed by atoms with Crippen LogP contribution in [0.1, 0.15) is 42.1 Å². The van der Waals surface area contributed by atoms with Crippen molar-refractivity contribution in [2.24, 2.45) is 0 Å². The molecule has 2 aromatic rings. The average molecular weight is 242 g/mol. The summed E-state index contributed by atoms with van der Waals surface area (Å²) in [6.45, 7) is 5.19. The largest absolute Gasteiger partial charge is 0.366 e. The predicted molar refractivity (Wildman–Crippen MR) is 71.4 cm³/mol. The van der Waals surface area contributed by atoms with E-state index in [0.717, 1.165) is 18.8 Å². The van der Waals surface area contributed by atoms with Gasteiger partial charge in [-0.2, -0.15) is 4.98 Å². The Balaban J connectivity index is 1.91. The molecule has 3 rings (SSSR count). The highest BCUT2D eigenvalue weighted by Crippen LogP contribution is 2.35. The molecule has 18 heavy (non-hydrogen) atoms. The van der Waals surface area contributed by atoms with Gasteiger partial charge < -0.3 is 5.73 Å². The van der Waals surface area contributed by atoms with Gasteiger partial charge >= 0.3 is 0 Å². The summed E-state index contributed by atoms with van der Waals surface area (Å²) in [5.74, 6) is 2.33. The molecular formula is C14H18N4. The minimum absolute atomic E-state index is 0.390. The molecule has 0 fully saturated rings. The number of nitrogen functional groups attached to an aromatic ring is 1. The van der Waals surface area contributed by atoms with Crippen molar-refractivity contribution in [3.05, 3.63) is 41.2 Å². The fourth-order valence-electron chi connectivity index (χ4n) is 2.77. The molecule has 2 N–H and O–H groups in total. The molecule has 94 valence electrons. The molecule has 4 nitrogen and oxygen atoms in total. The van der Waals surface area contributed by atoms with Crippen LogP contribution in [0.15, 0.2) is 24.3 Å². The summed E-state index contributed by atoms with van der Waals surface area (Å²) in [5, 5.41) is 4.28. The fourth-order valence-corrected chi connectivity index (χ4v) is 2.77. The van der Waals surface area contributed by atoms with Crippen LogP contribution in [0, 0.1) is 6.92 Å². The Hall–Kier alpha value is -1.84. The first-order chi connectivity index (χ1) is 8.63. The lowest BCUT2D eigenvalue weighted by Gasteiger charge is -2.27. The van der Waals surface area contributed by atoms with Crippen LogP contribution in [0.2, 0.25) is 0 Å². The van der Waals surface area contributed by atoms with Crippen molar-refractivity contribution in [1.82, 2.24) is 14.8 Å². The number of hydrogen-bond donors (Lipinski definition) is 1. The summed E-state index contributed by atoms with van der Waals surface area (Å²) in [7, 11) is 0. The summed E-state index contributed by atoms with van der Waals surface area (Å²) in [6.07, 6.45) is 1.11. The number of nitrogens with zero attached hydrogens (tertiary/aromatic N) is 3. The molecule has 0 spiro atoms. The topological polar surface area (TPSA) is 56.7 Å². The number of rotatable bonds is 1. The molecule has 1 aliphatic heterocycles. The number of aromatic nitrogens is 3. The van der Waals surface area contributed by atoms with Crippen LogP contribution in [0.25, 0.3) is 0 Å². The second-order valence-corrected chi connectivity index (χ2v) is 5.25. The normalized spacial score (nSPS) is 22.8. The van der Waals surface area contributed by atoms with Gasteiger partial charge in [0.1, 0.15) is 5.82 Å². The van der Waals surface area contributed by atoms with Crippen molar-refractivity contribution >= 4 is 5.95 Å². The van der Waals surface area contributed by atoms with E-state index in [2.05, 4.69) is 48.2 Å². The first-order valence-corrected chi connectivity index (χ1v) is 6.40. The third-order valence-corrected chi connectivity index (χ3v) is 3.74. The zero-order valence-electron chi connectivity index (χ0n) is 10.8. The second-order valence-electron chi connectivity index (χ2n) is 5.25. The Bertz CT molecular complexity index is 556. The van der Waals surface area contributed by atoms with E-state index in [1.807, 2.05) is 4.68 Å². The summed E-state index contributed by atoms with van der Waals surface area (Å²) >= 11 is 0. The molecule has 1 aliphatic rings. The maximum absolute atomic E-state index is 5.68. The van der Waals surface area contributed by atoms with E-state index in [9.17, 15) is 0 Å². The fraction of sp³-hybridized carbons (Fsp3) is 0.429. The van der Waals surface area contributed by atoms with Crippen molar-refractivity contribution < 1.29 is 0 Å². The number of hydrogen-bond acceptors (Lipinski definition) is 3. The Morgan fingerprint density at radius 2 is 2.00 bits per heavy atom. The molecule has 1 aromatic heterocycles. The van der Waals surface area contributed by atoms with Gasteiger partial charge in [0.05, 0.1) is 0 Å². The highest BCUT2D eigenvalue weighted by Gasteiger charge is 2.27. The van der Waals surface area contributed by atoms with E-state index in [4.69, 9.17) is 5.73 Å². The van der Waals surface area contributed by atoms with E-state index in [1.165, 1.54) is 11.1 Å². The van der Waals surface area contributed by atoms with Crippen LogP contribution in [-0.4, -0.2) is 14.8 Å². The number of anilines is 1. The van der Waals surface area contributed by atoms with E-state index < -0.39 is 0 Å². The summed E-state index contributed by atoms with van der Waals surface area (Å²) in [6, 6.07) is 8.78. The maximum atomic E-state index is 5.68. The van der Waals surface area contributed by atoms with Crippen molar-refractivity contribution in [1.29, 1.82) is 0 Å². The van der Waals surface area contributed by atoms with Gasteiger partial charge in [-0.3, -0.25) is 0 Å². The number of aryl methyl sites for hydroxylation is 1. The Labute approximate surface area is 107 Å². The third-order valence-electron chi connectivity index (χ3n) is 3.74. The lowest BCUT2D eigenvalue weighted by Crippen LogP contribution is -2.22. The molecule has 0 amide bonds. The lowest BCUT2D eigenvalue weighted by atomic mass is 9.86. The number of nitrogens with two attached hydrogens (primary N) is 1. The van der Waals surface area contributed by atoms with E-state index in [0.29, 0.717) is 17.8 Å². The van der Waals surface area contributed by atoms with E-state index in [1.54, 1.807) is 0 Å². The molecule has 2 unspecified atom stereocenters. The minimum Gasteiger partial charge on any atom is -0.366 e. The Kier molecular flexibility index (Phi) is 2.58. The van der Waals surface area contributed by atoms with Crippen molar-refractivity contribution in [2.75, 3.05) is 5.73 Å². The number of benzene rings is 1. The molecule has 0 aliphatic carbocycles. The van der Waals surface area contributed by atoms with Crippen molar-refractivity contribution in [3.63, 3.8) is 0 Å². The quantitative estimate of drug-likeness (QED) is 0.835. The van der Waals surface area contributed by atoms with Crippen molar-refractivity contribution in [3.8, 4) is 0 Å². The van der Waals surface area contributed by atoms with E-state index >= 15 is 0 Å². The molecule has 0 radical (unpaired) electrons. The minimum atomic E-state index is 0.390. The van der Waals surface area contributed by atoms with Gasteiger partial charge in [0.25, 0.3) is 0 Å². The van der Waals surface area contributed by atoms with Crippen LogP contribution in [0.5, 0.6) is 0 Å². The van der Waals surface area contributed by atoms with Gasteiger partial charge in [0.2, 0.25) is 5.95 Å². The smallest absolute Gasteiger partial charge is 0.239 e. The number of fused-ring (bicyclic) bond motifs is 1. The highest BCUT2D eigenvalue weighted by atomic mass is 15.4. The lowest BCUT2D eigenvalue weighted by molar-refractivity contribution is 0.382. The third kappa shape index (κ3) is 1.88. The molecule has 2 atom stereocenters. The van der Waals surface area contributed by atoms with Crippen LogP contribution in [0.4, 0.5) is 5.95 Å². The molecule has 4 heteroatoms. The Morgan fingerprint density at radius 3 is 2.72 bits per heavy atom. The van der Waals surface area contributed by atoms with Crippen LogP contribution < -0.4 is 5.73 Å². The molecule has 0 bridgehead atoms. The second kappa shape index (κ2) is 4.12. The monoisotopic (exact) mass is 242 g/mol. The van der Waals surface area contributed by atoms with Gasteiger partial charge in [-0.25, -0.2) is 4.68 Å². The summed E-state index contributed by atoms with van der Waals surface area (Å²) < 4.78 is 1.97. The van der Waals surface area contributed by atoms with Crippen LogP contribution >= 0.6 is 0 Å². The highest BCUT2D eigenvalue weighted by molar-refractivity contribution is 5.27. The molecule has 0 saturated carbocycles. The van der Waals surface area contributed by atoms with E-state index in [-0.39, 0.29) is 0 Å². The van der Waals surface area contributed by atoms with Gasteiger partial charge in [-0.15, -0.1) is 5.10 Å². The van der Waals surface area contributed by atoms with Gasteiger partial charge in [-0.1, -0.05) is 36.8 Å². The predicted octanol–water partition coefficient (Wildman–Crippen LogP) is 2.46. The molecule has 1 aromatic carbocycles. The van der Waals surface area contributed by atoms with Crippen LogP contribution in [-0.2, 0) is 6.54 Å². The Morgan fingerprint density at radius 1 is 1.28 bits per heavy atom. The summed E-state index contributed by atoms with van der Waals surface area (Å²) in [4.78, 5) is 4.30. The molecule has 2 heterocycles. The van der Waals surface area contributed by atoms with Crippen LogP contribution in [0.3, 0.4) is 0 Å². The zero-order valence-corrected chi connectivity index (χ0v) is 10.8. The summed E-state index contributed by atoms with van der Waals surface area (Å²) in [5.41, 5.74) is 8.36. The zero-order chi connectivity index (χ0) is 12.7. The standard InChI is InChI=1S/C14H18N4/c1-9-3-5-11(6-4-9)12-7-10(2)13-16-14(15)17-18(13)8-12/h3-6,10,12H,7-8H2,1-2H3,(H2,15,17). The average Bonchev–Trinajstić information content (AvgIpc) is 2.71. The first-order valence-electron chi connectivity index (χ1n) is 6.40. The van der Waals surface area contributed by atoms with Gasteiger partial charge in [-0.05, 0) is 18.9 Å². The van der Waals surface area contributed by atoms with Gasteiger partial charge in [0.15, 0.2) is 0 Å². The molecular weight excluding hydrogens is 224 g/mol. The van der Waals surface area contributed by atoms with Crippen molar-refractivity contribution in [2.45, 2.75) is 38.6 Å². The van der Waals surface area contributed by atoms with Gasteiger partial charge in [0, 0.05) is 18.4 Å².